The summed E-state index contributed by atoms with van der Waals surface area (Å²) in [6, 6.07) is 21.8. The lowest BCUT2D eigenvalue weighted by Gasteiger charge is -2.29. The van der Waals surface area contributed by atoms with Gasteiger partial charge >= 0.3 is 0 Å². The van der Waals surface area contributed by atoms with Gasteiger partial charge in [-0.05, 0) is 48.2 Å². The van der Waals surface area contributed by atoms with E-state index in [4.69, 9.17) is 0 Å². The van der Waals surface area contributed by atoms with Crippen LogP contribution in [0, 0.1) is 17.1 Å². The van der Waals surface area contributed by atoms with Gasteiger partial charge in [-0.1, -0.05) is 36.4 Å². The van der Waals surface area contributed by atoms with Gasteiger partial charge in [0, 0.05) is 27.6 Å². The predicted molar refractivity (Wildman–Crippen MR) is 128 cm³/mol. The number of amides is 1. The zero-order chi connectivity index (χ0) is 22.5. The molecule has 32 heavy (non-hydrogen) atoms. The van der Waals surface area contributed by atoms with Gasteiger partial charge in [0.1, 0.15) is 5.82 Å². The first-order chi connectivity index (χ1) is 15.6. The highest BCUT2D eigenvalue weighted by molar-refractivity contribution is 8.02. The van der Waals surface area contributed by atoms with E-state index >= 15 is 0 Å². The standard InChI is InChI=1S/C25H20FN3OS2/c1-16-22(24(30)29-19-6-3-2-4-7-19)23(21-8-5-13-31-21)20(14-27)25(28-16)32-15-17-9-11-18(26)12-10-17/h2-13,23,28H,15H2,1H3,(H,29,30). The van der Waals surface area contributed by atoms with Gasteiger partial charge in [-0.2, -0.15) is 5.26 Å². The zero-order valence-corrected chi connectivity index (χ0v) is 18.9. The zero-order valence-electron chi connectivity index (χ0n) is 17.3. The molecule has 0 aliphatic carbocycles. The third-order valence-corrected chi connectivity index (χ3v) is 7.07. The van der Waals surface area contributed by atoms with Crippen molar-refractivity contribution in [2.45, 2.75) is 18.6 Å². The van der Waals surface area contributed by atoms with Crippen molar-refractivity contribution in [1.29, 1.82) is 5.26 Å². The number of nitrogens with one attached hydrogen (secondary N) is 2. The van der Waals surface area contributed by atoms with Crippen LogP contribution in [-0.2, 0) is 10.5 Å². The molecule has 7 heteroatoms. The Bertz CT molecular complexity index is 1210. The van der Waals surface area contributed by atoms with Crippen molar-refractivity contribution in [3.05, 3.63) is 110 Å². The van der Waals surface area contributed by atoms with Gasteiger partial charge in [-0.15, -0.1) is 23.1 Å². The molecule has 0 saturated carbocycles. The minimum absolute atomic E-state index is 0.241. The molecule has 4 nitrogen and oxygen atoms in total. The number of nitriles is 1. The van der Waals surface area contributed by atoms with Crippen LogP contribution < -0.4 is 10.6 Å². The number of thioether (sulfide) groups is 1. The number of dihydropyridines is 1. The molecule has 2 N–H and O–H groups in total. The van der Waals surface area contributed by atoms with Gasteiger partial charge in [0.15, 0.2) is 0 Å². The second kappa shape index (κ2) is 9.86. The number of hydrogen-bond acceptors (Lipinski definition) is 5. The van der Waals surface area contributed by atoms with Crippen LogP contribution in [0.5, 0.6) is 0 Å². The molecule has 0 spiro atoms. The molecular formula is C25H20FN3OS2. The molecule has 1 unspecified atom stereocenters. The van der Waals surface area contributed by atoms with Gasteiger partial charge < -0.3 is 10.6 Å². The number of carbonyl (C=O) groups is 1. The Hall–Kier alpha value is -3.34. The van der Waals surface area contributed by atoms with Crippen LogP contribution in [0.2, 0.25) is 0 Å². The number of hydrogen-bond donors (Lipinski definition) is 2. The maximum Gasteiger partial charge on any atom is 0.254 e. The van der Waals surface area contributed by atoms with E-state index in [-0.39, 0.29) is 11.7 Å². The molecule has 160 valence electrons. The van der Waals surface area contributed by atoms with Crippen molar-refractivity contribution in [3.8, 4) is 6.07 Å². The monoisotopic (exact) mass is 461 g/mol. The highest BCUT2D eigenvalue weighted by Gasteiger charge is 2.35. The van der Waals surface area contributed by atoms with E-state index in [1.165, 1.54) is 35.2 Å². The number of nitrogens with zero attached hydrogens (tertiary/aromatic N) is 1. The smallest absolute Gasteiger partial charge is 0.254 e. The molecule has 0 saturated heterocycles. The van der Waals surface area contributed by atoms with E-state index in [2.05, 4.69) is 16.7 Å². The Morgan fingerprint density at radius 3 is 2.56 bits per heavy atom. The fraction of sp³-hybridized carbons (Fsp3) is 0.120. The molecule has 3 aromatic rings. The maximum atomic E-state index is 13.3. The topological polar surface area (TPSA) is 64.9 Å². The van der Waals surface area contributed by atoms with Crippen molar-refractivity contribution >= 4 is 34.7 Å². The van der Waals surface area contributed by atoms with Crippen LogP contribution in [0.1, 0.15) is 23.3 Å². The summed E-state index contributed by atoms with van der Waals surface area (Å²) in [7, 11) is 0. The summed E-state index contributed by atoms with van der Waals surface area (Å²) < 4.78 is 13.2. The van der Waals surface area contributed by atoms with Gasteiger partial charge in [0.05, 0.1) is 22.6 Å². The first-order valence-corrected chi connectivity index (χ1v) is 11.8. The molecule has 0 bridgehead atoms. The summed E-state index contributed by atoms with van der Waals surface area (Å²) in [5, 5.41) is 19.0. The molecular weight excluding hydrogens is 441 g/mol. The van der Waals surface area contributed by atoms with Crippen LogP contribution >= 0.6 is 23.1 Å². The number of halogens is 1. The fourth-order valence-electron chi connectivity index (χ4n) is 3.52. The molecule has 2 aromatic carbocycles. The van der Waals surface area contributed by atoms with Crippen LogP contribution in [0.3, 0.4) is 0 Å². The van der Waals surface area contributed by atoms with Gasteiger partial charge in [0.25, 0.3) is 5.91 Å². The minimum Gasteiger partial charge on any atom is -0.353 e. The molecule has 1 atom stereocenters. The van der Waals surface area contributed by atoms with Gasteiger partial charge in [-0.25, -0.2) is 4.39 Å². The summed E-state index contributed by atoms with van der Waals surface area (Å²) >= 11 is 2.99. The first-order valence-electron chi connectivity index (χ1n) is 9.96. The summed E-state index contributed by atoms with van der Waals surface area (Å²) in [6.07, 6.45) is 0. The van der Waals surface area contributed by atoms with Crippen molar-refractivity contribution in [2.75, 3.05) is 5.32 Å². The van der Waals surface area contributed by atoms with Crippen molar-refractivity contribution in [1.82, 2.24) is 5.32 Å². The van der Waals surface area contributed by atoms with E-state index in [9.17, 15) is 14.4 Å². The average molecular weight is 462 g/mol. The van der Waals surface area contributed by atoms with Crippen LogP contribution in [0.4, 0.5) is 10.1 Å². The van der Waals surface area contributed by atoms with E-state index in [1.54, 1.807) is 12.1 Å². The van der Waals surface area contributed by atoms with E-state index < -0.39 is 5.92 Å². The summed E-state index contributed by atoms with van der Waals surface area (Å²) in [6.45, 7) is 1.85. The molecule has 0 fully saturated rings. The summed E-state index contributed by atoms with van der Waals surface area (Å²) in [5.74, 6) is -0.406. The normalized spacial score (nSPS) is 15.8. The Morgan fingerprint density at radius 1 is 1.16 bits per heavy atom. The van der Waals surface area contributed by atoms with Crippen LogP contribution in [0.15, 0.2) is 94.0 Å². The second-order valence-corrected chi connectivity index (χ2v) is 9.17. The van der Waals surface area contributed by atoms with Crippen molar-refractivity contribution in [2.24, 2.45) is 0 Å². The van der Waals surface area contributed by atoms with Crippen molar-refractivity contribution in [3.63, 3.8) is 0 Å². The first kappa shape index (κ1) is 21.9. The third-order valence-electron chi connectivity index (χ3n) is 5.05. The minimum atomic E-state index is -0.458. The number of anilines is 1. The lowest BCUT2D eigenvalue weighted by atomic mass is 9.86. The van der Waals surface area contributed by atoms with E-state index in [1.807, 2.05) is 54.8 Å². The Morgan fingerprint density at radius 2 is 1.91 bits per heavy atom. The summed E-state index contributed by atoms with van der Waals surface area (Å²) in [4.78, 5) is 14.2. The summed E-state index contributed by atoms with van der Waals surface area (Å²) in [5.41, 5.74) is 3.38. The lowest BCUT2D eigenvalue weighted by Crippen LogP contribution is -2.30. The molecule has 1 aliphatic rings. The van der Waals surface area contributed by atoms with Crippen LogP contribution in [0.25, 0.3) is 0 Å². The molecule has 1 amide bonds. The molecule has 2 heterocycles. The van der Waals surface area contributed by atoms with Crippen molar-refractivity contribution < 1.29 is 9.18 Å². The fourth-order valence-corrected chi connectivity index (χ4v) is 5.41. The highest BCUT2D eigenvalue weighted by Crippen LogP contribution is 2.43. The van der Waals surface area contributed by atoms with E-state index in [0.717, 1.165) is 10.4 Å². The van der Waals surface area contributed by atoms with E-state index in [0.29, 0.717) is 33.3 Å². The largest absolute Gasteiger partial charge is 0.353 e. The van der Waals surface area contributed by atoms with Gasteiger partial charge in [-0.3, -0.25) is 4.79 Å². The number of rotatable bonds is 6. The van der Waals surface area contributed by atoms with Crippen LogP contribution in [-0.4, -0.2) is 5.91 Å². The average Bonchev–Trinajstić information content (AvgIpc) is 3.33. The quantitative estimate of drug-likeness (QED) is 0.462. The SMILES string of the molecule is CC1=C(C(=O)Nc2ccccc2)C(c2cccs2)C(C#N)=C(SCc2ccc(F)cc2)N1. The molecule has 1 aromatic heterocycles. The highest BCUT2D eigenvalue weighted by atomic mass is 32.2. The Kier molecular flexibility index (Phi) is 6.74. The number of allylic oxidation sites excluding steroid dienone is 2. The predicted octanol–water partition coefficient (Wildman–Crippen LogP) is 6.16. The number of benzene rings is 2. The third kappa shape index (κ3) is 4.77. The molecule has 0 radical (unpaired) electrons. The lowest BCUT2D eigenvalue weighted by molar-refractivity contribution is -0.113. The molecule has 1 aliphatic heterocycles. The Balaban J connectivity index is 1.66. The number of carbonyl (C=O) groups excluding carboxylic acids is 1. The maximum absolute atomic E-state index is 13.3. The number of thiophene rings is 1. The van der Waals surface area contributed by atoms with Gasteiger partial charge in [0.2, 0.25) is 0 Å². The number of para-hydroxylation sites is 1. The second-order valence-electron chi connectivity index (χ2n) is 7.20. The Labute approximate surface area is 194 Å². The molecule has 4 rings (SSSR count).